The number of benzene rings is 1. The van der Waals surface area contributed by atoms with Crippen molar-refractivity contribution in [1.82, 2.24) is 14.7 Å². The van der Waals surface area contributed by atoms with Crippen LogP contribution in [0.5, 0.6) is 11.5 Å². The van der Waals surface area contributed by atoms with Gasteiger partial charge >= 0.3 is 0 Å². The summed E-state index contributed by atoms with van der Waals surface area (Å²) in [6, 6.07) is 5.17. The normalized spacial score (nSPS) is 20.1. The van der Waals surface area contributed by atoms with Crippen molar-refractivity contribution in [3.05, 3.63) is 23.8 Å². The van der Waals surface area contributed by atoms with Gasteiger partial charge in [-0.2, -0.15) is 0 Å². The Hall–Kier alpha value is -2.77. The molecule has 8 nitrogen and oxygen atoms in total. The average Bonchev–Trinajstić information content (AvgIpc) is 3.42. The van der Waals surface area contributed by atoms with Gasteiger partial charge in [-0.1, -0.05) is 12.8 Å². The number of piperazine rings is 1. The van der Waals surface area contributed by atoms with E-state index >= 15 is 0 Å². The number of hydrogen-bond donors (Lipinski definition) is 0. The van der Waals surface area contributed by atoms with Crippen LogP contribution in [-0.4, -0.2) is 85.9 Å². The summed E-state index contributed by atoms with van der Waals surface area (Å²) in [7, 11) is 3.12. The van der Waals surface area contributed by atoms with Crippen molar-refractivity contribution in [2.45, 2.75) is 38.5 Å². The molecule has 1 aromatic carbocycles. The van der Waals surface area contributed by atoms with Crippen LogP contribution < -0.4 is 9.47 Å². The fourth-order valence-electron chi connectivity index (χ4n) is 5.28. The van der Waals surface area contributed by atoms with Crippen LogP contribution in [0.2, 0.25) is 0 Å². The minimum Gasteiger partial charge on any atom is -0.497 e. The Bertz CT molecular complexity index is 845. The van der Waals surface area contributed by atoms with E-state index in [0.717, 1.165) is 25.7 Å². The van der Waals surface area contributed by atoms with Crippen molar-refractivity contribution in [3.8, 4) is 11.5 Å². The first-order valence-electron chi connectivity index (χ1n) is 12.1. The monoisotopic (exact) mass is 457 g/mol. The van der Waals surface area contributed by atoms with E-state index in [2.05, 4.69) is 0 Å². The Morgan fingerprint density at radius 3 is 1.58 bits per heavy atom. The molecule has 0 aromatic heterocycles. The largest absolute Gasteiger partial charge is 0.497 e. The summed E-state index contributed by atoms with van der Waals surface area (Å²) in [6.45, 7) is 3.59. The summed E-state index contributed by atoms with van der Waals surface area (Å²) >= 11 is 0. The average molecular weight is 458 g/mol. The number of hydrogen-bond acceptors (Lipinski definition) is 5. The van der Waals surface area contributed by atoms with Gasteiger partial charge in [-0.25, -0.2) is 0 Å². The molecule has 3 fully saturated rings. The summed E-state index contributed by atoms with van der Waals surface area (Å²) < 4.78 is 10.6. The van der Waals surface area contributed by atoms with Crippen LogP contribution in [0.1, 0.15) is 48.9 Å². The summed E-state index contributed by atoms with van der Waals surface area (Å²) in [4.78, 5) is 44.4. The molecular weight excluding hydrogens is 422 g/mol. The SMILES string of the molecule is COc1cc(OC)cc(C(=O)N2CCC(C(=O)N3CCN(C(=O)C4CCCC4)CC3)CC2)c1. The van der Waals surface area contributed by atoms with Crippen molar-refractivity contribution >= 4 is 17.7 Å². The third-order valence-corrected chi connectivity index (χ3v) is 7.34. The zero-order valence-electron chi connectivity index (χ0n) is 19.8. The zero-order valence-corrected chi connectivity index (χ0v) is 19.8. The predicted molar refractivity (Wildman–Crippen MR) is 123 cm³/mol. The van der Waals surface area contributed by atoms with Crippen molar-refractivity contribution in [1.29, 1.82) is 0 Å². The van der Waals surface area contributed by atoms with E-state index in [0.29, 0.717) is 69.2 Å². The van der Waals surface area contributed by atoms with Gasteiger partial charge < -0.3 is 24.2 Å². The van der Waals surface area contributed by atoms with Crippen LogP contribution >= 0.6 is 0 Å². The number of amides is 3. The van der Waals surface area contributed by atoms with E-state index in [1.54, 1.807) is 37.3 Å². The number of rotatable bonds is 5. The first-order chi connectivity index (χ1) is 16.0. The molecule has 2 aliphatic heterocycles. The van der Waals surface area contributed by atoms with Crippen molar-refractivity contribution < 1.29 is 23.9 Å². The molecule has 8 heteroatoms. The molecule has 4 rings (SSSR count). The van der Waals surface area contributed by atoms with Gasteiger partial charge in [-0.05, 0) is 37.8 Å². The molecule has 1 aliphatic carbocycles. The smallest absolute Gasteiger partial charge is 0.254 e. The van der Waals surface area contributed by atoms with Gasteiger partial charge in [-0.3, -0.25) is 14.4 Å². The Labute approximate surface area is 195 Å². The maximum absolute atomic E-state index is 13.1. The topological polar surface area (TPSA) is 79.4 Å². The maximum atomic E-state index is 13.1. The molecule has 0 atom stereocenters. The summed E-state index contributed by atoms with van der Waals surface area (Å²) in [5.41, 5.74) is 0.527. The third-order valence-electron chi connectivity index (χ3n) is 7.34. The molecule has 180 valence electrons. The van der Waals surface area contributed by atoms with Crippen molar-refractivity contribution in [3.63, 3.8) is 0 Å². The molecule has 3 amide bonds. The van der Waals surface area contributed by atoms with Crippen LogP contribution in [0.25, 0.3) is 0 Å². The van der Waals surface area contributed by atoms with Gasteiger partial charge in [-0.15, -0.1) is 0 Å². The molecule has 3 aliphatic rings. The Kier molecular flexibility index (Phi) is 7.40. The minimum atomic E-state index is -0.0721. The molecule has 2 saturated heterocycles. The molecule has 2 heterocycles. The standard InChI is InChI=1S/C25H35N3O5/c1-32-21-15-20(16-22(17-21)33-2)25(31)26-9-7-19(8-10-26)24(30)28-13-11-27(12-14-28)23(29)18-5-3-4-6-18/h15-19H,3-14H2,1-2H3. The van der Waals surface area contributed by atoms with Gasteiger partial charge in [0, 0.05) is 62.7 Å². The number of likely N-dealkylation sites (tertiary alicyclic amines) is 1. The number of methoxy groups -OCH3 is 2. The predicted octanol–water partition coefficient (Wildman–Crippen LogP) is 2.42. The van der Waals surface area contributed by atoms with Crippen LogP contribution in [0, 0.1) is 11.8 Å². The van der Waals surface area contributed by atoms with E-state index in [9.17, 15) is 14.4 Å². The van der Waals surface area contributed by atoms with Crippen molar-refractivity contribution in [2.24, 2.45) is 11.8 Å². The Morgan fingerprint density at radius 1 is 0.667 bits per heavy atom. The molecule has 0 bridgehead atoms. The number of nitrogens with zero attached hydrogens (tertiary/aromatic N) is 3. The van der Waals surface area contributed by atoms with E-state index in [1.165, 1.54) is 0 Å². The highest BCUT2D eigenvalue weighted by atomic mass is 16.5. The maximum Gasteiger partial charge on any atom is 0.254 e. The summed E-state index contributed by atoms with van der Waals surface area (Å²) in [5, 5.41) is 0. The second kappa shape index (κ2) is 10.4. The molecule has 0 unspecified atom stereocenters. The highest BCUT2D eigenvalue weighted by Gasteiger charge is 2.34. The van der Waals surface area contributed by atoms with E-state index < -0.39 is 0 Å². The third kappa shape index (κ3) is 5.25. The zero-order chi connectivity index (χ0) is 23.4. The van der Waals surface area contributed by atoms with Crippen LogP contribution in [0.4, 0.5) is 0 Å². The van der Waals surface area contributed by atoms with Crippen LogP contribution in [-0.2, 0) is 9.59 Å². The lowest BCUT2D eigenvalue weighted by Crippen LogP contribution is -2.54. The minimum absolute atomic E-state index is 0.0639. The lowest BCUT2D eigenvalue weighted by molar-refractivity contribution is -0.144. The second-order valence-corrected chi connectivity index (χ2v) is 9.30. The highest BCUT2D eigenvalue weighted by molar-refractivity contribution is 5.95. The van der Waals surface area contributed by atoms with Gasteiger partial charge in [0.1, 0.15) is 11.5 Å². The van der Waals surface area contributed by atoms with Crippen molar-refractivity contribution in [2.75, 3.05) is 53.5 Å². The fraction of sp³-hybridized carbons (Fsp3) is 0.640. The van der Waals surface area contributed by atoms with Crippen LogP contribution in [0.15, 0.2) is 18.2 Å². The second-order valence-electron chi connectivity index (χ2n) is 9.30. The molecule has 1 aromatic rings. The molecule has 0 spiro atoms. The van der Waals surface area contributed by atoms with Gasteiger partial charge in [0.05, 0.1) is 14.2 Å². The van der Waals surface area contributed by atoms with E-state index in [1.807, 2.05) is 9.80 Å². The summed E-state index contributed by atoms with van der Waals surface area (Å²) in [5.74, 6) is 1.65. The first-order valence-corrected chi connectivity index (χ1v) is 12.1. The highest BCUT2D eigenvalue weighted by Crippen LogP contribution is 2.28. The quantitative estimate of drug-likeness (QED) is 0.679. The molecular formula is C25H35N3O5. The molecule has 1 saturated carbocycles. The lowest BCUT2D eigenvalue weighted by Gasteiger charge is -2.39. The fourth-order valence-corrected chi connectivity index (χ4v) is 5.28. The molecule has 0 radical (unpaired) electrons. The van der Waals surface area contributed by atoms with E-state index in [4.69, 9.17) is 9.47 Å². The Balaban J connectivity index is 1.27. The van der Waals surface area contributed by atoms with Gasteiger partial charge in [0.2, 0.25) is 11.8 Å². The number of ether oxygens (including phenoxy) is 2. The number of carbonyl (C=O) groups is 3. The lowest BCUT2D eigenvalue weighted by atomic mass is 9.94. The van der Waals surface area contributed by atoms with E-state index in [-0.39, 0.29) is 29.6 Å². The van der Waals surface area contributed by atoms with Crippen LogP contribution in [0.3, 0.4) is 0 Å². The van der Waals surface area contributed by atoms with Gasteiger partial charge in [0.15, 0.2) is 0 Å². The number of carbonyl (C=O) groups excluding carboxylic acids is 3. The Morgan fingerprint density at radius 2 is 1.12 bits per heavy atom. The first kappa shape index (κ1) is 23.4. The molecule has 33 heavy (non-hydrogen) atoms. The van der Waals surface area contributed by atoms with Gasteiger partial charge in [0.25, 0.3) is 5.91 Å². The number of piperidine rings is 1. The molecule has 0 N–H and O–H groups in total. The summed E-state index contributed by atoms with van der Waals surface area (Å²) in [6.07, 6.45) is 5.65.